The summed E-state index contributed by atoms with van der Waals surface area (Å²) in [6.07, 6.45) is -5.42. The highest BCUT2D eigenvalue weighted by Crippen LogP contribution is 2.71. The molecule has 0 unspecified atom stereocenters. The zero-order valence-corrected chi connectivity index (χ0v) is 28.3. The molecule has 9 nitrogen and oxygen atoms in total. The van der Waals surface area contributed by atoms with Crippen molar-refractivity contribution in [2.45, 2.75) is 56.5 Å². The number of anilines is 1. The average Bonchev–Trinajstić information content (AvgIpc) is 3.29. The SMILES string of the molecule is C=C1[C@@H]2c3c(C(F)(F)F)nn(CC(=O)N[C@@H](Cc4cc(F)cc(F)c4)c4nc(C#CC(C)(C)O)ccc4-c4cccc5c(N)nn(C)c45)c3C(F)(F)[C@H]12. The van der Waals surface area contributed by atoms with E-state index in [-0.39, 0.29) is 34.8 Å². The Morgan fingerprint density at radius 1 is 1.09 bits per heavy atom. The molecule has 7 rings (SSSR count). The molecule has 1 saturated carbocycles. The Balaban J connectivity index is 1.36. The van der Waals surface area contributed by atoms with Gasteiger partial charge in [-0.15, -0.1) is 0 Å². The largest absolute Gasteiger partial charge is 0.435 e. The molecule has 0 saturated heterocycles. The maximum absolute atomic E-state index is 15.5. The predicted molar refractivity (Wildman–Crippen MR) is 179 cm³/mol. The number of para-hydroxylation sites is 1. The number of pyridine rings is 1. The van der Waals surface area contributed by atoms with E-state index in [1.807, 2.05) is 0 Å². The molecule has 2 aliphatic carbocycles. The van der Waals surface area contributed by atoms with Crippen molar-refractivity contribution in [1.82, 2.24) is 29.9 Å². The number of aliphatic hydroxyl groups is 1. The summed E-state index contributed by atoms with van der Waals surface area (Å²) in [5.74, 6) is -3.82. The van der Waals surface area contributed by atoms with E-state index >= 15 is 8.78 Å². The number of benzene rings is 2. The van der Waals surface area contributed by atoms with Gasteiger partial charge < -0.3 is 16.2 Å². The van der Waals surface area contributed by atoms with Crippen molar-refractivity contribution in [3.05, 3.63) is 106 Å². The van der Waals surface area contributed by atoms with Crippen LogP contribution in [-0.2, 0) is 36.9 Å². The number of amides is 1. The maximum atomic E-state index is 15.5. The first-order valence-corrected chi connectivity index (χ1v) is 16.2. The van der Waals surface area contributed by atoms with Crippen molar-refractivity contribution in [2.24, 2.45) is 13.0 Å². The number of carbonyl (C=O) groups is 1. The number of allylic oxidation sites excluding steroid dienone is 1. The van der Waals surface area contributed by atoms with Crippen molar-refractivity contribution in [2.75, 3.05) is 5.73 Å². The van der Waals surface area contributed by atoms with E-state index in [0.29, 0.717) is 32.8 Å². The third-order valence-electron chi connectivity index (χ3n) is 9.22. The van der Waals surface area contributed by atoms with Crippen LogP contribution in [0.15, 0.2) is 60.7 Å². The number of nitrogens with two attached hydrogens (primary N) is 1. The monoisotopic (exact) mass is 737 g/mol. The number of nitrogen functional groups attached to an aromatic ring is 1. The minimum Gasteiger partial charge on any atom is -0.382 e. The summed E-state index contributed by atoms with van der Waals surface area (Å²) >= 11 is 0. The van der Waals surface area contributed by atoms with Gasteiger partial charge in [-0.05, 0) is 62.1 Å². The second kappa shape index (κ2) is 12.2. The molecule has 3 atom stereocenters. The zero-order valence-electron chi connectivity index (χ0n) is 28.3. The number of carbonyl (C=O) groups excluding carboxylic acids is 1. The summed E-state index contributed by atoms with van der Waals surface area (Å²) in [5.41, 5.74) is 3.12. The third kappa shape index (κ3) is 6.39. The molecule has 3 aromatic heterocycles. The molecule has 53 heavy (non-hydrogen) atoms. The first kappa shape index (κ1) is 35.7. The van der Waals surface area contributed by atoms with Crippen LogP contribution in [-0.4, -0.2) is 41.2 Å². The Morgan fingerprint density at radius 2 is 1.79 bits per heavy atom. The van der Waals surface area contributed by atoms with Crippen molar-refractivity contribution < 1.29 is 40.6 Å². The Kier molecular flexibility index (Phi) is 8.21. The smallest absolute Gasteiger partial charge is 0.382 e. The molecule has 0 radical (unpaired) electrons. The summed E-state index contributed by atoms with van der Waals surface area (Å²) < 4.78 is 104. The Labute approximate surface area is 297 Å². The van der Waals surface area contributed by atoms with Gasteiger partial charge in [-0.3, -0.25) is 14.2 Å². The third-order valence-corrected chi connectivity index (χ3v) is 9.22. The Hall–Kier alpha value is -5.69. The summed E-state index contributed by atoms with van der Waals surface area (Å²) in [6.45, 7) is 5.33. The van der Waals surface area contributed by atoms with Gasteiger partial charge in [0.15, 0.2) is 11.5 Å². The molecule has 3 heterocycles. The van der Waals surface area contributed by atoms with Gasteiger partial charge in [0.2, 0.25) is 5.91 Å². The van der Waals surface area contributed by atoms with Crippen LogP contribution in [0.1, 0.15) is 59.7 Å². The number of fused-ring (bicyclic) bond motifs is 4. The predicted octanol–water partition coefficient (Wildman–Crippen LogP) is 6.31. The number of hydrogen-bond donors (Lipinski definition) is 3. The van der Waals surface area contributed by atoms with E-state index in [1.54, 1.807) is 37.4 Å². The molecule has 2 aromatic carbocycles. The lowest BCUT2D eigenvalue weighted by molar-refractivity contribution is -0.142. The molecule has 1 amide bonds. The quantitative estimate of drug-likeness (QED) is 0.102. The molecule has 0 bridgehead atoms. The second-order valence-corrected chi connectivity index (χ2v) is 13.7. The lowest BCUT2D eigenvalue weighted by Crippen LogP contribution is -2.35. The van der Waals surface area contributed by atoms with Crippen molar-refractivity contribution in [1.29, 1.82) is 0 Å². The van der Waals surface area contributed by atoms with Crippen molar-refractivity contribution >= 4 is 22.6 Å². The number of nitrogens with one attached hydrogen (secondary N) is 1. The molecular weight excluding hydrogens is 707 g/mol. The van der Waals surface area contributed by atoms with E-state index in [1.165, 1.54) is 18.5 Å². The van der Waals surface area contributed by atoms with Crippen molar-refractivity contribution in [3.8, 4) is 23.0 Å². The number of hydrogen-bond acceptors (Lipinski definition) is 6. The summed E-state index contributed by atoms with van der Waals surface area (Å²) in [6, 6.07) is 9.74. The first-order valence-electron chi connectivity index (χ1n) is 16.2. The first-order chi connectivity index (χ1) is 24.7. The summed E-state index contributed by atoms with van der Waals surface area (Å²) in [5, 5.41) is 21.2. The topological polar surface area (TPSA) is 124 Å². The molecule has 2 aliphatic rings. The highest BCUT2D eigenvalue weighted by molar-refractivity contribution is 6.00. The Bertz CT molecular complexity index is 2390. The molecule has 0 spiro atoms. The van der Waals surface area contributed by atoms with E-state index in [2.05, 4.69) is 38.9 Å². The van der Waals surface area contributed by atoms with E-state index in [9.17, 15) is 31.9 Å². The van der Waals surface area contributed by atoms with Crippen LogP contribution in [0, 0.1) is 29.4 Å². The molecule has 0 aliphatic heterocycles. The van der Waals surface area contributed by atoms with Gasteiger partial charge >= 0.3 is 6.18 Å². The fourth-order valence-corrected chi connectivity index (χ4v) is 7.10. The molecule has 1 fully saturated rings. The van der Waals surface area contributed by atoms with Gasteiger partial charge in [0.25, 0.3) is 5.92 Å². The van der Waals surface area contributed by atoms with Crippen molar-refractivity contribution in [3.63, 3.8) is 0 Å². The fourth-order valence-electron chi connectivity index (χ4n) is 7.10. The molecule has 5 aromatic rings. The van der Waals surface area contributed by atoms with E-state index < -0.39 is 76.6 Å². The number of aromatic nitrogens is 5. The minimum atomic E-state index is -5.09. The lowest BCUT2D eigenvalue weighted by Gasteiger charge is -2.23. The van der Waals surface area contributed by atoms with Crippen LogP contribution >= 0.6 is 0 Å². The van der Waals surface area contributed by atoms with Crippen LogP contribution in [0.5, 0.6) is 0 Å². The zero-order chi connectivity index (χ0) is 38.4. The fraction of sp³-hybridized carbons (Fsp3) is 0.297. The minimum absolute atomic E-state index is 0.0456. The highest BCUT2D eigenvalue weighted by atomic mass is 19.4. The average molecular weight is 738 g/mol. The highest BCUT2D eigenvalue weighted by Gasteiger charge is 2.71. The maximum Gasteiger partial charge on any atom is 0.435 e. The van der Waals surface area contributed by atoms with Crippen LogP contribution in [0.25, 0.3) is 22.0 Å². The number of aryl methyl sites for hydroxylation is 1. The number of nitrogens with zero attached hydrogens (tertiary/aromatic N) is 5. The molecular formula is C37H30F7N7O2. The van der Waals surface area contributed by atoms with Gasteiger partial charge in [-0.1, -0.05) is 30.2 Å². The Morgan fingerprint density at radius 3 is 2.45 bits per heavy atom. The van der Waals surface area contributed by atoms with Crippen LogP contribution < -0.4 is 11.1 Å². The standard InChI is InChI=1S/C37H30F7N7O2/c1-17-27-28-32(37(42,43)44)48-51(33(28)36(40,41)29(17)27)16-26(52)47-25(14-18-12-19(38)15-20(39)13-18)30-22(9-8-21(46-30)10-11-35(2,3)53)23-6-5-7-24-31(23)50(4)49-34(24)45/h5-9,12-13,15,25,27,29,53H,1,14,16H2,2-4H3,(H2,45,49)(H,47,52)/t25-,27+,29+/m0/s1. The van der Waals surface area contributed by atoms with Gasteiger partial charge in [0.05, 0.1) is 23.2 Å². The molecule has 274 valence electrons. The van der Waals surface area contributed by atoms with E-state index in [4.69, 9.17) is 5.73 Å². The van der Waals surface area contributed by atoms with E-state index in [0.717, 1.165) is 12.1 Å². The second-order valence-electron chi connectivity index (χ2n) is 13.7. The number of halogens is 7. The lowest BCUT2D eigenvalue weighted by atomic mass is 9.93. The normalized spacial score (nSPS) is 18.0. The van der Waals surface area contributed by atoms with Crippen LogP contribution in [0.4, 0.5) is 36.6 Å². The summed E-state index contributed by atoms with van der Waals surface area (Å²) in [4.78, 5) is 18.5. The van der Waals surface area contributed by atoms with Gasteiger partial charge in [-0.25, -0.2) is 13.8 Å². The van der Waals surface area contributed by atoms with Gasteiger partial charge in [0.1, 0.15) is 35.2 Å². The van der Waals surface area contributed by atoms with Crippen LogP contribution in [0.3, 0.4) is 0 Å². The molecule has 4 N–H and O–H groups in total. The number of alkyl halides is 5. The summed E-state index contributed by atoms with van der Waals surface area (Å²) in [7, 11) is 1.65. The van der Waals surface area contributed by atoms with Crippen LogP contribution in [0.2, 0.25) is 0 Å². The number of rotatable bonds is 7. The van der Waals surface area contributed by atoms with Gasteiger partial charge in [-0.2, -0.15) is 32.1 Å². The van der Waals surface area contributed by atoms with Gasteiger partial charge in [0, 0.05) is 41.1 Å². The molecule has 16 heteroatoms.